The van der Waals surface area contributed by atoms with Crippen LogP contribution in [-0.4, -0.2) is 54.5 Å². The van der Waals surface area contributed by atoms with E-state index in [1.807, 2.05) is 12.1 Å². The van der Waals surface area contributed by atoms with Crippen LogP contribution < -0.4 is 15.4 Å². The van der Waals surface area contributed by atoms with Crippen molar-refractivity contribution in [2.24, 2.45) is 11.7 Å². The molecule has 43 heavy (non-hydrogen) atoms. The lowest BCUT2D eigenvalue weighted by atomic mass is 9.98. The van der Waals surface area contributed by atoms with E-state index in [1.165, 1.54) is 18.2 Å². The van der Waals surface area contributed by atoms with E-state index in [4.69, 9.17) is 20.2 Å². The summed E-state index contributed by atoms with van der Waals surface area (Å²) in [5.41, 5.74) is 7.86. The first-order valence-electron chi connectivity index (χ1n) is 14.5. The van der Waals surface area contributed by atoms with Gasteiger partial charge in [0.05, 0.1) is 40.8 Å². The lowest BCUT2D eigenvalue weighted by Gasteiger charge is -2.38. The van der Waals surface area contributed by atoms with Gasteiger partial charge in [-0.1, -0.05) is 23.5 Å². The van der Waals surface area contributed by atoms with E-state index in [1.54, 1.807) is 30.4 Å². The molecule has 1 aromatic heterocycles. The summed E-state index contributed by atoms with van der Waals surface area (Å²) in [6.07, 6.45) is -0.198. The monoisotopic (exact) mass is 615 g/mol. The zero-order valence-electron chi connectivity index (χ0n) is 23.6. The van der Waals surface area contributed by atoms with Gasteiger partial charge in [0.2, 0.25) is 0 Å². The number of aromatic nitrogens is 1. The van der Waals surface area contributed by atoms with E-state index in [2.05, 4.69) is 9.64 Å². The van der Waals surface area contributed by atoms with Crippen molar-refractivity contribution in [3.63, 3.8) is 0 Å². The summed E-state index contributed by atoms with van der Waals surface area (Å²) in [4.78, 5) is 32.6. The molecule has 2 aliphatic heterocycles. The average molecular weight is 616 g/mol. The quantitative estimate of drug-likeness (QED) is 0.211. The van der Waals surface area contributed by atoms with E-state index in [0.717, 1.165) is 53.9 Å². The second kappa shape index (κ2) is 11.8. The summed E-state index contributed by atoms with van der Waals surface area (Å²) in [5.74, 6) is -1.18. The molecule has 2 bridgehead atoms. The van der Waals surface area contributed by atoms with Crippen LogP contribution in [0, 0.1) is 5.92 Å². The number of nitrogens with two attached hydrogens (primary N) is 1. The zero-order valence-corrected chi connectivity index (χ0v) is 24.4. The third-order valence-corrected chi connectivity index (χ3v) is 9.27. The molecule has 228 valence electrons. The van der Waals surface area contributed by atoms with Crippen molar-refractivity contribution < 1.29 is 37.0 Å². The summed E-state index contributed by atoms with van der Waals surface area (Å²) in [6.45, 7) is 2.00. The van der Waals surface area contributed by atoms with Crippen molar-refractivity contribution in [1.29, 1.82) is 0 Å². The number of para-hydroxylation sites is 1. The molecule has 3 aromatic rings. The van der Waals surface area contributed by atoms with Crippen LogP contribution in [0.3, 0.4) is 0 Å². The highest BCUT2D eigenvalue weighted by Crippen LogP contribution is 2.43. The predicted octanol–water partition coefficient (Wildman–Crippen LogP) is 6.24. The molecule has 3 fully saturated rings. The number of carbonyl (C=O) groups excluding carboxylic acids is 2. The minimum absolute atomic E-state index is 0.0178. The number of ketones is 1. The highest BCUT2D eigenvalue weighted by molar-refractivity contribution is 7.22. The molecule has 2 aromatic carbocycles. The van der Waals surface area contributed by atoms with Gasteiger partial charge in [0.15, 0.2) is 10.9 Å². The number of ether oxygens (including phenoxy) is 3. The molecule has 0 spiro atoms. The number of anilines is 1. The number of esters is 1. The van der Waals surface area contributed by atoms with Crippen molar-refractivity contribution in [3.05, 3.63) is 59.2 Å². The van der Waals surface area contributed by atoms with Gasteiger partial charge in [-0.2, -0.15) is 0 Å². The van der Waals surface area contributed by atoms with Gasteiger partial charge in [-0.15, -0.1) is 13.2 Å². The van der Waals surface area contributed by atoms with Crippen molar-refractivity contribution >= 4 is 44.1 Å². The Labute approximate surface area is 250 Å². The lowest BCUT2D eigenvalue weighted by molar-refractivity contribution is -0.274. The zero-order chi connectivity index (χ0) is 30.3. The predicted molar refractivity (Wildman–Crippen MR) is 156 cm³/mol. The molecule has 3 atom stereocenters. The SMILES string of the molecule is CCOC(=O)c1ccc2nc(N3C4CC[C@H]3CC(OCC(C(=O)C3CC3)=C(N)c3ccccc3OC(F)(F)F)C4)sc2c1. The Morgan fingerprint density at radius 3 is 2.47 bits per heavy atom. The lowest BCUT2D eigenvalue weighted by Crippen LogP contribution is -2.45. The number of Topliss-reactive ketones (excluding diaryl/α,β-unsaturated/α-hetero) is 1. The highest BCUT2D eigenvalue weighted by Gasteiger charge is 2.43. The van der Waals surface area contributed by atoms with Gasteiger partial charge in [-0.25, -0.2) is 9.78 Å². The average Bonchev–Trinajstić information content (AvgIpc) is 3.68. The molecule has 2 N–H and O–H groups in total. The maximum Gasteiger partial charge on any atom is 0.573 e. The van der Waals surface area contributed by atoms with Crippen molar-refractivity contribution in [2.45, 2.75) is 70.0 Å². The van der Waals surface area contributed by atoms with E-state index >= 15 is 0 Å². The fraction of sp³-hybridized carbons (Fsp3) is 0.452. The van der Waals surface area contributed by atoms with Crippen LogP contribution in [0.2, 0.25) is 0 Å². The summed E-state index contributed by atoms with van der Waals surface area (Å²) in [6, 6.07) is 11.4. The number of alkyl halides is 3. The van der Waals surface area contributed by atoms with Gasteiger partial charge in [0.25, 0.3) is 0 Å². The van der Waals surface area contributed by atoms with Crippen LogP contribution in [-0.2, 0) is 14.3 Å². The Balaban J connectivity index is 1.18. The van der Waals surface area contributed by atoms with Gasteiger partial charge in [0.1, 0.15) is 5.75 Å². The van der Waals surface area contributed by atoms with E-state index in [-0.39, 0.29) is 59.3 Å². The molecular formula is C31H32F3N3O5S. The van der Waals surface area contributed by atoms with Crippen molar-refractivity contribution in [1.82, 2.24) is 4.98 Å². The number of thiazole rings is 1. The van der Waals surface area contributed by atoms with Crippen LogP contribution in [0.4, 0.5) is 18.3 Å². The number of nitrogens with zero attached hydrogens (tertiary/aromatic N) is 2. The Kier molecular flexibility index (Phi) is 8.08. The van der Waals surface area contributed by atoms with Crippen LogP contribution in [0.5, 0.6) is 5.75 Å². The molecule has 8 nitrogen and oxygen atoms in total. The first kappa shape index (κ1) is 29.4. The molecule has 6 rings (SSSR count). The fourth-order valence-corrected chi connectivity index (χ4v) is 7.23. The minimum atomic E-state index is -4.90. The number of fused-ring (bicyclic) bond motifs is 3. The second-order valence-electron chi connectivity index (χ2n) is 11.2. The van der Waals surface area contributed by atoms with Gasteiger partial charge in [-0.05, 0) is 75.8 Å². The molecule has 3 aliphatic rings. The smallest absolute Gasteiger partial charge is 0.462 e. The summed E-state index contributed by atoms with van der Waals surface area (Å²) in [5, 5.41) is 0.900. The molecule has 3 heterocycles. The molecule has 1 saturated carbocycles. The van der Waals surface area contributed by atoms with Crippen LogP contribution in [0.25, 0.3) is 15.9 Å². The molecule has 2 saturated heterocycles. The first-order chi connectivity index (χ1) is 20.6. The maximum atomic E-state index is 13.2. The Morgan fingerprint density at radius 1 is 1.07 bits per heavy atom. The summed E-state index contributed by atoms with van der Waals surface area (Å²) < 4.78 is 55.7. The van der Waals surface area contributed by atoms with Crippen molar-refractivity contribution in [3.8, 4) is 5.75 Å². The molecule has 1 aliphatic carbocycles. The van der Waals surface area contributed by atoms with Crippen LogP contribution >= 0.6 is 11.3 Å². The van der Waals surface area contributed by atoms with E-state index in [0.29, 0.717) is 12.2 Å². The number of rotatable bonds is 10. The third-order valence-electron chi connectivity index (χ3n) is 8.24. The highest BCUT2D eigenvalue weighted by atomic mass is 32.1. The number of carbonyl (C=O) groups is 2. The van der Waals surface area contributed by atoms with Gasteiger partial charge in [-0.3, -0.25) is 4.79 Å². The molecule has 0 radical (unpaired) electrons. The summed E-state index contributed by atoms with van der Waals surface area (Å²) in [7, 11) is 0. The number of halogens is 3. The van der Waals surface area contributed by atoms with Gasteiger partial charge >= 0.3 is 12.3 Å². The topological polar surface area (TPSA) is 104 Å². The standard InChI is InChI=1S/C31H32F3N3O5S/c1-2-40-29(39)18-9-12-24-26(13-18)43-30(36-24)37-19-10-11-20(37)15-21(14-19)41-16-23(28(38)17-7-8-17)27(35)22-5-3-4-6-25(22)42-31(32,33)34/h3-6,9,12-13,17,19-21H,2,7-8,10-11,14-16,35H2,1H3/t19-,20?,21?/m0/s1. The van der Waals surface area contributed by atoms with E-state index in [9.17, 15) is 22.8 Å². The van der Waals surface area contributed by atoms with Crippen molar-refractivity contribution in [2.75, 3.05) is 18.1 Å². The normalized spacial score (nSPS) is 22.4. The molecule has 2 unspecified atom stereocenters. The largest absolute Gasteiger partial charge is 0.573 e. The van der Waals surface area contributed by atoms with Crippen LogP contribution in [0.1, 0.15) is 61.4 Å². The first-order valence-corrected chi connectivity index (χ1v) is 15.3. The summed E-state index contributed by atoms with van der Waals surface area (Å²) >= 11 is 1.55. The van der Waals surface area contributed by atoms with E-state index < -0.39 is 12.1 Å². The number of hydrogen-bond acceptors (Lipinski definition) is 9. The Hall–Kier alpha value is -3.64. The van der Waals surface area contributed by atoms with Gasteiger partial charge < -0.3 is 24.8 Å². The maximum absolute atomic E-state index is 13.2. The molecule has 12 heteroatoms. The second-order valence-corrected chi connectivity index (χ2v) is 12.2. The number of piperidine rings is 1. The fourth-order valence-electron chi connectivity index (χ4n) is 6.08. The molecular weight excluding hydrogens is 583 g/mol. The minimum Gasteiger partial charge on any atom is -0.462 e. The number of hydrogen-bond donors (Lipinski definition) is 1. The number of benzene rings is 2. The Bertz CT molecular complexity index is 1550. The Morgan fingerprint density at radius 2 is 1.79 bits per heavy atom. The molecule has 0 amide bonds. The third kappa shape index (κ3) is 6.35. The van der Waals surface area contributed by atoms with Gasteiger partial charge in [0, 0.05) is 29.1 Å². The van der Waals surface area contributed by atoms with Crippen LogP contribution in [0.15, 0.2) is 48.0 Å².